The lowest BCUT2D eigenvalue weighted by atomic mass is 10.0. The van der Waals surface area contributed by atoms with Crippen LogP contribution in [0, 0.1) is 0 Å². The van der Waals surface area contributed by atoms with Crippen LogP contribution in [0.3, 0.4) is 0 Å². The van der Waals surface area contributed by atoms with Crippen LogP contribution in [0.1, 0.15) is 37.9 Å². The second kappa shape index (κ2) is 6.16. The molecule has 0 aliphatic heterocycles. The van der Waals surface area contributed by atoms with Crippen LogP contribution in [-0.2, 0) is 6.42 Å². The first-order chi connectivity index (χ1) is 11.0. The summed E-state index contributed by atoms with van der Waals surface area (Å²) < 4.78 is 5.43. The van der Waals surface area contributed by atoms with Crippen molar-refractivity contribution < 1.29 is 9.84 Å². The largest absolute Gasteiger partial charge is 0.507 e. The highest BCUT2D eigenvalue weighted by Gasteiger charge is 2.15. The molecule has 0 fully saturated rings. The maximum Gasteiger partial charge on any atom is 0.142 e. The van der Waals surface area contributed by atoms with Crippen molar-refractivity contribution >= 4 is 22.2 Å². The van der Waals surface area contributed by atoms with E-state index in [1.165, 1.54) is 0 Å². The summed E-state index contributed by atoms with van der Waals surface area (Å²) in [5.74, 6) is 1.40. The zero-order valence-corrected chi connectivity index (χ0v) is 14.6. The van der Waals surface area contributed by atoms with Gasteiger partial charge in [-0.05, 0) is 24.5 Å². The summed E-state index contributed by atoms with van der Waals surface area (Å²) in [6, 6.07) is 5.42. The van der Waals surface area contributed by atoms with Crippen LogP contribution in [0.25, 0.3) is 21.6 Å². The zero-order chi connectivity index (χ0) is 16.6. The number of thiazole rings is 1. The highest BCUT2D eigenvalue weighted by Crippen LogP contribution is 2.36. The van der Waals surface area contributed by atoms with E-state index in [4.69, 9.17) is 9.72 Å². The molecule has 0 atom stereocenters. The summed E-state index contributed by atoms with van der Waals surface area (Å²) in [5.41, 5.74) is 3.54. The minimum atomic E-state index is 0.226. The fourth-order valence-electron chi connectivity index (χ4n) is 2.62. The summed E-state index contributed by atoms with van der Waals surface area (Å²) in [7, 11) is 1.65. The Kier molecular flexibility index (Phi) is 4.22. The van der Waals surface area contributed by atoms with E-state index in [9.17, 15) is 5.11 Å². The summed E-state index contributed by atoms with van der Waals surface area (Å²) in [6.07, 6.45) is 0.783. The van der Waals surface area contributed by atoms with Crippen LogP contribution in [0.2, 0.25) is 0 Å². The number of rotatable bonds is 4. The second-order valence-corrected chi connectivity index (χ2v) is 6.61. The molecule has 3 rings (SSSR count). The van der Waals surface area contributed by atoms with Crippen molar-refractivity contribution in [2.75, 3.05) is 7.11 Å². The van der Waals surface area contributed by atoms with Gasteiger partial charge in [0.2, 0.25) is 0 Å². The van der Waals surface area contributed by atoms with Crippen LogP contribution in [0.4, 0.5) is 0 Å². The molecule has 0 radical (unpaired) electrons. The fourth-order valence-corrected chi connectivity index (χ4v) is 3.56. The number of nitrogens with zero attached hydrogens (tertiary/aromatic N) is 2. The zero-order valence-electron chi connectivity index (χ0n) is 13.8. The van der Waals surface area contributed by atoms with E-state index in [1.807, 2.05) is 12.1 Å². The molecule has 0 bridgehead atoms. The molecule has 0 spiro atoms. The maximum absolute atomic E-state index is 10.4. The van der Waals surface area contributed by atoms with Gasteiger partial charge in [-0.3, -0.25) is 0 Å². The number of ether oxygens (including phenoxy) is 1. The molecule has 0 saturated heterocycles. The Morgan fingerprint density at radius 1 is 1.26 bits per heavy atom. The summed E-state index contributed by atoms with van der Waals surface area (Å²) >= 11 is 1.56. The fraction of sp³-hybridized carbons (Fsp3) is 0.333. The molecule has 1 aromatic carbocycles. The minimum Gasteiger partial charge on any atom is -0.507 e. The molecule has 23 heavy (non-hydrogen) atoms. The van der Waals surface area contributed by atoms with E-state index in [0.29, 0.717) is 11.6 Å². The van der Waals surface area contributed by atoms with Gasteiger partial charge >= 0.3 is 0 Å². The van der Waals surface area contributed by atoms with Crippen molar-refractivity contribution in [3.8, 4) is 22.2 Å². The molecule has 0 saturated carbocycles. The van der Waals surface area contributed by atoms with Crippen molar-refractivity contribution in [1.29, 1.82) is 0 Å². The standard InChI is InChI=1S/C18H20N2O2S/c1-5-11-16(22-4)7-6-12-15(21)8-13(19-17(11)12)18-20-14(9-23-18)10(2)3/h6-10H,5H2,1-4H3,(H,19,21). The minimum absolute atomic E-state index is 0.226. The van der Waals surface area contributed by atoms with E-state index in [0.717, 1.165) is 39.3 Å². The highest BCUT2D eigenvalue weighted by molar-refractivity contribution is 7.13. The third-order valence-electron chi connectivity index (χ3n) is 3.93. The number of benzene rings is 1. The first kappa shape index (κ1) is 15.7. The molecule has 2 aromatic heterocycles. The smallest absolute Gasteiger partial charge is 0.142 e. The van der Waals surface area contributed by atoms with Gasteiger partial charge in [-0.15, -0.1) is 11.3 Å². The van der Waals surface area contributed by atoms with E-state index in [-0.39, 0.29) is 5.75 Å². The lowest BCUT2D eigenvalue weighted by Gasteiger charge is -2.11. The Labute approximate surface area is 139 Å². The van der Waals surface area contributed by atoms with Crippen molar-refractivity contribution in [3.63, 3.8) is 0 Å². The number of aromatic nitrogens is 2. The average molecular weight is 328 g/mol. The van der Waals surface area contributed by atoms with Crippen molar-refractivity contribution in [3.05, 3.63) is 34.8 Å². The van der Waals surface area contributed by atoms with Gasteiger partial charge in [-0.25, -0.2) is 9.97 Å². The SMILES string of the molecule is CCc1c(OC)ccc2c(O)cc(-c3nc(C(C)C)cs3)nc12. The normalized spacial score (nSPS) is 11.3. The maximum atomic E-state index is 10.4. The number of pyridine rings is 1. The van der Waals surface area contributed by atoms with Gasteiger partial charge in [0.1, 0.15) is 22.2 Å². The number of methoxy groups -OCH3 is 1. The number of hydrogen-bond acceptors (Lipinski definition) is 5. The van der Waals surface area contributed by atoms with Gasteiger partial charge in [0.15, 0.2) is 0 Å². The van der Waals surface area contributed by atoms with Crippen LogP contribution < -0.4 is 4.74 Å². The topological polar surface area (TPSA) is 55.2 Å². The molecule has 4 nitrogen and oxygen atoms in total. The highest BCUT2D eigenvalue weighted by atomic mass is 32.1. The molecular formula is C18H20N2O2S. The van der Waals surface area contributed by atoms with Crippen LogP contribution in [-0.4, -0.2) is 22.2 Å². The Morgan fingerprint density at radius 2 is 2.04 bits per heavy atom. The van der Waals surface area contributed by atoms with Crippen LogP contribution in [0.15, 0.2) is 23.6 Å². The Balaban J connectivity index is 2.22. The Morgan fingerprint density at radius 3 is 2.65 bits per heavy atom. The van der Waals surface area contributed by atoms with Crippen LogP contribution >= 0.6 is 11.3 Å². The predicted molar refractivity (Wildman–Crippen MR) is 94.5 cm³/mol. The first-order valence-corrected chi connectivity index (χ1v) is 8.58. The van der Waals surface area contributed by atoms with Gasteiger partial charge < -0.3 is 9.84 Å². The molecule has 1 N–H and O–H groups in total. The van der Waals surface area contributed by atoms with E-state index >= 15 is 0 Å². The van der Waals surface area contributed by atoms with E-state index in [2.05, 4.69) is 31.1 Å². The van der Waals surface area contributed by atoms with Gasteiger partial charge in [0.25, 0.3) is 0 Å². The molecule has 0 aliphatic rings. The van der Waals surface area contributed by atoms with Crippen molar-refractivity contribution in [2.45, 2.75) is 33.1 Å². The summed E-state index contributed by atoms with van der Waals surface area (Å²) in [4.78, 5) is 9.41. The summed E-state index contributed by atoms with van der Waals surface area (Å²) in [5, 5.41) is 14.0. The first-order valence-electron chi connectivity index (χ1n) is 7.70. The lowest BCUT2D eigenvalue weighted by molar-refractivity contribution is 0.411. The van der Waals surface area contributed by atoms with Crippen LogP contribution in [0.5, 0.6) is 11.5 Å². The third kappa shape index (κ3) is 2.77. The van der Waals surface area contributed by atoms with E-state index < -0.39 is 0 Å². The molecule has 5 heteroatoms. The van der Waals surface area contributed by atoms with Crippen molar-refractivity contribution in [2.24, 2.45) is 0 Å². The van der Waals surface area contributed by atoms with E-state index in [1.54, 1.807) is 24.5 Å². The molecule has 120 valence electrons. The number of hydrogen-bond donors (Lipinski definition) is 1. The van der Waals surface area contributed by atoms with Gasteiger partial charge in [0.05, 0.1) is 18.3 Å². The number of aryl methyl sites for hydroxylation is 1. The molecule has 0 aliphatic carbocycles. The third-order valence-corrected chi connectivity index (χ3v) is 4.81. The molecular weight excluding hydrogens is 308 g/mol. The van der Waals surface area contributed by atoms with Crippen molar-refractivity contribution in [1.82, 2.24) is 9.97 Å². The monoisotopic (exact) mass is 328 g/mol. The predicted octanol–water partition coefficient (Wildman–Crippen LogP) is 4.76. The number of fused-ring (bicyclic) bond motifs is 1. The number of aromatic hydroxyl groups is 1. The Hall–Kier alpha value is -2.14. The average Bonchev–Trinajstić information content (AvgIpc) is 3.03. The second-order valence-electron chi connectivity index (χ2n) is 5.75. The molecule has 0 unspecified atom stereocenters. The van der Waals surface area contributed by atoms with Gasteiger partial charge in [-0.2, -0.15) is 0 Å². The Bertz CT molecular complexity index is 856. The summed E-state index contributed by atoms with van der Waals surface area (Å²) in [6.45, 7) is 6.29. The lowest BCUT2D eigenvalue weighted by Crippen LogP contribution is -1.96. The quantitative estimate of drug-likeness (QED) is 0.750. The van der Waals surface area contributed by atoms with Gasteiger partial charge in [-0.1, -0.05) is 20.8 Å². The molecule has 3 aromatic rings. The molecule has 2 heterocycles. The molecule has 0 amide bonds. The van der Waals surface area contributed by atoms with Gasteiger partial charge in [0, 0.05) is 22.4 Å².